The second kappa shape index (κ2) is 6.95. The minimum atomic E-state index is -0.514. The van der Waals surface area contributed by atoms with E-state index in [1.165, 1.54) is 19.2 Å². The van der Waals surface area contributed by atoms with Gasteiger partial charge < -0.3 is 20.3 Å². The zero-order chi connectivity index (χ0) is 16.1. The number of hydrogen-bond donors (Lipinski definition) is 3. The van der Waals surface area contributed by atoms with Crippen LogP contribution < -0.4 is 10.1 Å². The first kappa shape index (κ1) is 15.9. The highest BCUT2D eigenvalue weighted by Crippen LogP contribution is 2.23. The molecule has 22 heavy (non-hydrogen) atoms. The Morgan fingerprint density at radius 2 is 1.91 bits per heavy atom. The van der Waals surface area contributed by atoms with Crippen LogP contribution in [0.3, 0.4) is 0 Å². The van der Waals surface area contributed by atoms with Crippen molar-refractivity contribution in [2.75, 3.05) is 7.11 Å². The molecule has 1 atom stereocenters. The van der Waals surface area contributed by atoms with E-state index in [4.69, 9.17) is 4.74 Å². The highest BCUT2D eigenvalue weighted by molar-refractivity contribution is 5.97. The van der Waals surface area contributed by atoms with E-state index in [-0.39, 0.29) is 17.2 Å². The molecule has 0 saturated heterocycles. The number of phenolic OH excluding ortho intramolecular Hbond substituents is 1. The maximum absolute atomic E-state index is 12.2. The van der Waals surface area contributed by atoms with Gasteiger partial charge in [-0.05, 0) is 36.2 Å². The van der Waals surface area contributed by atoms with Crippen molar-refractivity contribution in [2.45, 2.75) is 19.6 Å². The highest BCUT2D eigenvalue weighted by Gasteiger charge is 2.13. The number of aromatic hydroxyl groups is 1. The van der Waals surface area contributed by atoms with Gasteiger partial charge in [-0.1, -0.05) is 24.3 Å². The van der Waals surface area contributed by atoms with Crippen LogP contribution >= 0.6 is 0 Å². The normalized spacial score (nSPS) is 11.8. The largest absolute Gasteiger partial charge is 0.508 e. The smallest absolute Gasteiger partial charge is 0.255 e. The fraction of sp³-hybridized carbons (Fsp3) is 0.235. The van der Waals surface area contributed by atoms with Gasteiger partial charge in [0.25, 0.3) is 5.91 Å². The first-order valence-electron chi connectivity index (χ1n) is 6.93. The van der Waals surface area contributed by atoms with Crippen molar-refractivity contribution in [3.05, 3.63) is 59.2 Å². The number of nitrogens with one attached hydrogen (secondary N) is 1. The van der Waals surface area contributed by atoms with Crippen LogP contribution in [0, 0.1) is 0 Å². The van der Waals surface area contributed by atoms with E-state index in [1.807, 2.05) is 24.3 Å². The van der Waals surface area contributed by atoms with Crippen molar-refractivity contribution in [3.8, 4) is 11.5 Å². The van der Waals surface area contributed by atoms with Crippen LogP contribution in [0.15, 0.2) is 42.5 Å². The van der Waals surface area contributed by atoms with Crippen molar-refractivity contribution in [1.82, 2.24) is 5.32 Å². The molecule has 0 radical (unpaired) electrons. The topological polar surface area (TPSA) is 78.8 Å². The Hall–Kier alpha value is -2.53. The van der Waals surface area contributed by atoms with E-state index in [0.29, 0.717) is 12.3 Å². The number of amides is 1. The fourth-order valence-corrected chi connectivity index (χ4v) is 2.06. The summed E-state index contributed by atoms with van der Waals surface area (Å²) < 4.78 is 5.12. The molecule has 0 heterocycles. The molecule has 2 aromatic carbocycles. The quantitative estimate of drug-likeness (QED) is 0.792. The molecule has 0 aromatic heterocycles. The van der Waals surface area contributed by atoms with Crippen LogP contribution in [0.1, 0.15) is 34.5 Å². The summed E-state index contributed by atoms with van der Waals surface area (Å²) in [5.74, 6) is 0.0827. The van der Waals surface area contributed by atoms with Crippen molar-refractivity contribution in [1.29, 1.82) is 0 Å². The number of carbonyl (C=O) groups excluding carboxylic acids is 1. The molecule has 0 spiro atoms. The number of hydrogen-bond acceptors (Lipinski definition) is 4. The Morgan fingerprint density at radius 1 is 1.23 bits per heavy atom. The van der Waals surface area contributed by atoms with E-state index in [1.54, 1.807) is 13.0 Å². The maximum atomic E-state index is 12.2. The molecule has 0 aliphatic heterocycles. The molecular formula is C17H19NO4. The molecule has 1 unspecified atom stereocenters. The predicted molar refractivity (Wildman–Crippen MR) is 82.9 cm³/mol. The average Bonchev–Trinajstić information content (AvgIpc) is 2.53. The summed E-state index contributed by atoms with van der Waals surface area (Å²) >= 11 is 0. The molecule has 0 aliphatic rings. The standard InChI is InChI=1S/C17H19NO4/c1-11(19)13-5-3-12(4-6-13)10-18-17(21)15-9-14(20)7-8-16(15)22-2/h3-9,11,19-20H,10H2,1-2H3,(H,18,21). The third-order valence-corrected chi connectivity index (χ3v) is 3.34. The van der Waals surface area contributed by atoms with E-state index >= 15 is 0 Å². The van der Waals surface area contributed by atoms with Gasteiger partial charge in [0.2, 0.25) is 0 Å². The second-order valence-electron chi connectivity index (χ2n) is 4.98. The van der Waals surface area contributed by atoms with E-state index in [2.05, 4.69) is 5.32 Å². The molecule has 2 aromatic rings. The molecule has 1 amide bonds. The Bertz CT molecular complexity index is 650. The molecule has 0 saturated carbocycles. The Morgan fingerprint density at radius 3 is 2.50 bits per heavy atom. The first-order valence-corrected chi connectivity index (χ1v) is 6.93. The van der Waals surface area contributed by atoms with Crippen LogP contribution in [0.4, 0.5) is 0 Å². The van der Waals surface area contributed by atoms with Gasteiger partial charge in [-0.2, -0.15) is 0 Å². The van der Waals surface area contributed by atoms with Gasteiger partial charge in [0.1, 0.15) is 11.5 Å². The molecule has 3 N–H and O–H groups in total. The zero-order valence-electron chi connectivity index (χ0n) is 12.5. The van der Waals surface area contributed by atoms with E-state index in [9.17, 15) is 15.0 Å². The second-order valence-corrected chi connectivity index (χ2v) is 4.98. The molecule has 5 nitrogen and oxygen atoms in total. The summed E-state index contributed by atoms with van der Waals surface area (Å²) in [5, 5.41) is 21.7. The monoisotopic (exact) mass is 301 g/mol. The zero-order valence-corrected chi connectivity index (χ0v) is 12.5. The molecule has 0 aliphatic carbocycles. The van der Waals surface area contributed by atoms with Crippen molar-refractivity contribution >= 4 is 5.91 Å². The Balaban J connectivity index is 2.05. The van der Waals surface area contributed by atoms with Gasteiger partial charge in [-0.25, -0.2) is 0 Å². The molecule has 0 fully saturated rings. The maximum Gasteiger partial charge on any atom is 0.255 e. The summed E-state index contributed by atoms with van der Waals surface area (Å²) in [5.41, 5.74) is 2.02. The number of benzene rings is 2. The SMILES string of the molecule is COc1ccc(O)cc1C(=O)NCc1ccc(C(C)O)cc1. The Labute approximate surface area is 129 Å². The van der Waals surface area contributed by atoms with Crippen molar-refractivity contribution in [3.63, 3.8) is 0 Å². The van der Waals surface area contributed by atoms with Crippen LogP contribution in [-0.2, 0) is 6.54 Å². The van der Waals surface area contributed by atoms with Crippen LogP contribution in [0.5, 0.6) is 11.5 Å². The lowest BCUT2D eigenvalue weighted by atomic mass is 10.1. The summed E-state index contributed by atoms with van der Waals surface area (Å²) in [7, 11) is 1.47. The minimum Gasteiger partial charge on any atom is -0.508 e. The lowest BCUT2D eigenvalue weighted by molar-refractivity contribution is 0.0947. The third-order valence-electron chi connectivity index (χ3n) is 3.34. The molecular weight excluding hydrogens is 282 g/mol. The van der Waals surface area contributed by atoms with Crippen LogP contribution in [0.25, 0.3) is 0 Å². The van der Waals surface area contributed by atoms with E-state index < -0.39 is 6.10 Å². The number of carbonyl (C=O) groups is 1. The van der Waals surface area contributed by atoms with Gasteiger partial charge in [-0.15, -0.1) is 0 Å². The highest BCUT2D eigenvalue weighted by atomic mass is 16.5. The van der Waals surface area contributed by atoms with Crippen LogP contribution in [-0.4, -0.2) is 23.2 Å². The average molecular weight is 301 g/mol. The molecule has 5 heteroatoms. The predicted octanol–water partition coefficient (Wildman–Crippen LogP) is 2.38. The van der Waals surface area contributed by atoms with Crippen molar-refractivity contribution < 1.29 is 19.7 Å². The fourth-order valence-electron chi connectivity index (χ4n) is 2.06. The minimum absolute atomic E-state index is 0.00670. The number of methoxy groups -OCH3 is 1. The summed E-state index contributed by atoms with van der Waals surface area (Å²) in [6.45, 7) is 2.04. The summed E-state index contributed by atoms with van der Waals surface area (Å²) in [4.78, 5) is 12.2. The third kappa shape index (κ3) is 3.77. The number of aliphatic hydroxyl groups excluding tert-OH is 1. The summed E-state index contributed by atoms with van der Waals surface area (Å²) in [6, 6.07) is 11.7. The van der Waals surface area contributed by atoms with Crippen molar-refractivity contribution in [2.24, 2.45) is 0 Å². The number of phenols is 1. The van der Waals surface area contributed by atoms with Gasteiger partial charge in [0.05, 0.1) is 18.8 Å². The molecule has 116 valence electrons. The number of ether oxygens (including phenoxy) is 1. The van der Waals surface area contributed by atoms with Gasteiger partial charge in [0, 0.05) is 6.54 Å². The lowest BCUT2D eigenvalue weighted by Crippen LogP contribution is -2.23. The van der Waals surface area contributed by atoms with Gasteiger partial charge >= 0.3 is 0 Å². The summed E-state index contributed by atoms with van der Waals surface area (Å²) in [6.07, 6.45) is -0.514. The molecule has 2 rings (SSSR count). The molecule has 0 bridgehead atoms. The Kier molecular flexibility index (Phi) is 5.01. The van der Waals surface area contributed by atoms with E-state index in [0.717, 1.165) is 11.1 Å². The first-order chi connectivity index (χ1) is 10.5. The number of rotatable bonds is 5. The number of aliphatic hydroxyl groups is 1. The van der Waals surface area contributed by atoms with Crippen LogP contribution in [0.2, 0.25) is 0 Å². The van der Waals surface area contributed by atoms with Gasteiger partial charge in [0.15, 0.2) is 0 Å². The van der Waals surface area contributed by atoms with Gasteiger partial charge in [-0.3, -0.25) is 4.79 Å². The lowest BCUT2D eigenvalue weighted by Gasteiger charge is -2.10.